The van der Waals surface area contributed by atoms with E-state index in [1.165, 1.54) is 32.1 Å². The summed E-state index contributed by atoms with van der Waals surface area (Å²) in [5, 5.41) is 3.71. The SMILES string of the molecule is CCCN[C@H]1CCC2(C)C(OC)C=CCC2(C)C1. The van der Waals surface area contributed by atoms with Gasteiger partial charge in [0.1, 0.15) is 0 Å². The van der Waals surface area contributed by atoms with Gasteiger partial charge in [-0.25, -0.2) is 0 Å². The fourth-order valence-corrected chi connectivity index (χ4v) is 3.98. The van der Waals surface area contributed by atoms with Gasteiger partial charge in [0.05, 0.1) is 6.10 Å². The van der Waals surface area contributed by atoms with Gasteiger partial charge in [0.25, 0.3) is 0 Å². The van der Waals surface area contributed by atoms with Crippen LogP contribution in [0.1, 0.15) is 52.9 Å². The third-order valence-electron chi connectivity index (χ3n) is 5.53. The monoisotopic (exact) mass is 251 g/mol. The Labute approximate surface area is 112 Å². The molecule has 0 aromatic rings. The number of ether oxygens (including phenoxy) is 1. The number of nitrogens with one attached hydrogen (secondary N) is 1. The molecule has 3 unspecified atom stereocenters. The highest BCUT2D eigenvalue weighted by molar-refractivity contribution is 5.15. The lowest BCUT2D eigenvalue weighted by Gasteiger charge is -2.56. The molecule has 1 saturated carbocycles. The molecule has 0 radical (unpaired) electrons. The first kappa shape index (κ1) is 14.1. The summed E-state index contributed by atoms with van der Waals surface area (Å²) in [6.07, 6.45) is 11.2. The Morgan fingerprint density at radius 2 is 2.17 bits per heavy atom. The molecule has 0 heterocycles. The van der Waals surface area contributed by atoms with Crippen LogP contribution in [0.2, 0.25) is 0 Å². The number of methoxy groups -OCH3 is 1. The van der Waals surface area contributed by atoms with Crippen molar-refractivity contribution in [2.24, 2.45) is 10.8 Å². The normalized spacial score (nSPS) is 43.8. The van der Waals surface area contributed by atoms with E-state index in [9.17, 15) is 0 Å². The zero-order chi connectivity index (χ0) is 13.2. The molecule has 4 atom stereocenters. The van der Waals surface area contributed by atoms with Crippen molar-refractivity contribution in [3.8, 4) is 0 Å². The van der Waals surface area contributed by atoms with Crippen LogP contribution in [0.25, 0.3) is 0 Å². The summed E-state index contributed by atoms with van der Waals surface area (Å²) in [5.41, 5.74) is 0.687. The van der Waals surface area contributed by atoms with Crippen molar-refractivity contribution in [3.63, 3.8) is 0 Å². The summed E-state index contributed by atoms with van der Waals surface area (Å²) < 4.78 is 5.74. The van der Waals surface area contributed by atoms with Crippen LogP contribution in [0.3, 0.4) is 0 Å². The van der Waals surface area contributed by atoms with Crippen LogP contribution in [0.4, 0.5) is 0 Å². The smallest absolute Gasteiger partial charge is 0.0810 e. The van der Waals surface area contributed by atoms with Gasteiger partial charge in [-0.1, -0.05) is 32.9 Å². The quantitative estimate of drug-likeness (QED) is 0.772. The molecule has 2 nitrogen and oxygen atoms in total. The third-order valence-corrected chi connectivity index (χ3v) is 5.53. The predicted octanol–water partition coefficient (Wildman–Crippen LogP) is 3.53. The number of hydrogen-bond donors (Lipinski definition) is 1. The molecule has 0 spiro atoms. The lowest BCUT2D eigenvalue weighted by atomic mass is 9.51. The zero-order valence-corrected chi connectivity index (χ0v) is 12.5. The Hall–Kier alpha value is -0.340. The molecule has 0 aromatic heterocycles. The molecular weight excluding hydrogens is 222 g/mol. The van der Waals surface area contributed by atoms with Crippen LogP contribution in [0, 0.1) is 10.8 Å². The van der Waals surface area contributed by atoms with E-state index >= 15 is 0 Å². The summed E-state index contributed by atoms with van der Waals surface area (Å²) in [5.74, 6) is 0. The first-order valence-corrected chi connectivity index (χ1v) is 7.48. The maximum atomic E-state index is 5.74. The van der Waals surface area contributed by atoms with Gasteiger partial charge in [-0.2, -0.15) is 0 Å². The first-order valence-electron chi connectivity index (χ1n) is 7.48. The maximum Gasteiger partial charge on any atom is 0.0810 e. The lowest BCUT2D eigenvalue weighted by molar-refractivity contribution is -0.0955. The fraction of sp³-hybridized carbons (Fsp3) is 0.875. The van der Waals surface area contributed by atoms with Gasteiger partial charge in [-0.05, 0) is 44.1 Å². The van der Waals surface area contributed by atoms with Gasteiger partial charge in [-0.15, -0.1) is 0 Å². The van der Waals surface area contributed by atoms with Crippen LogP contribution in [0.5, 0.6) is 0 Å². The zero-order valence-electron chi connectivity index (χ0n) is 12.5. The molecule has 1 N–H and O–H groups in total. The Balaban J connectivity index is 2.12. The number of fused-ring (bicyclic) bond motifs is 1. The van der Waals surface area contributed by atoms with Gasteiger partial charge in [0.15, 0.2) is 0 Å². The second-order valence-corrected chi connectivity index (χ2v) is 6.66. The number of allylic oxidation sites excluding steroid dienone is 1. The van der Waals surface area contributed by atoms with E-state index in [0.717, 1.165) is 6.54 Å². The van der Waals surface area contributed by atoms with Gasteiger partial charge >= 0.3 is 0 Å². The van der Waals surface area contributed by atoms with E-state index in [4.69, 9.17) is 4.74 Å². The second kappa shape index (κ2) is 5.34. The van der Waals surface area contributed by atoms with Crippen LogP contribution in [-0.4, -0.2) is 25.8 Å². The molecule has 1 fully saturated rings. The van der Waals surface area contributed by atoms with Gasteiger partial charge in [0.2, 0.25) is 0 Å². The topological polar surface area (TPSA) is 21.3 Å². The Morgan fingerprint density at radius 1 is 1.39 bits per heavy atom. The summed E-state index contributed by atoms with van der Waals surface area (Å²) in [6, 6.07) is 0.701. The highest BCUT2D eigenvalue weighted by atomic mass is 16.5. The minimum atomic E-state index is 0.295. The Morgan fingerprint density at radius 3 is 2.83 bits per heavy atom. The lowest BCUT2D eigenvalue weighted by Crippen LogP contribution is -2.55. The maximum absolute atomic E-state index is 5.74. The number of rotatable bonds is 4. The van der Waals surface area contributed by atoms with Gasteiger partial charge in [0, 0.05) is 18.6 Å². The molecule has 0 bridgehead atoms. The molecule has 0 amide bonds. The van der Waals surface area contributed by atoms with Crippen LogP contribution >= 0.6 is 0 Å². The average Bonchev–Trinajstić information content (AvgIpc) is 2.36. The molecule has 18 heavy (non-hydrogen) atoms. The largest absolute Gasteiger partial charge is 0.377 e. The molecule has 2 rings (SSSR count). The Kier molecular flexibility index (Phi) is 4.18. The van der Waals surface area contributed by atoms with Gasteiger partial charge in [-0.3, -0.25) is 0 Å². The second-order valence-electron chi connectivity index (χ2n) is 6.66. The standard InChI is InChI=1S/C16H29NO/c1-5-11-17-13-8-10-16(3)14(18-4)7-6-9-15(16,2)12-13/h6-7,13-14,17H,5,8-12H2,1-4H3/t13-,14?,15?,16?/m0/s1. The highest BCUT2D eigenvalue weighted by Gasteiger charge is 2.53. The summed E-state index contributed by atoms with van der Waals surface area (Å²) in [7, 11) is 1.85. The van der Waals surface area contributed by atoms with Crippen molar-refractivity contribution in [2.45, 2.75) is 65.0 Å². The third kappa shape index (κ3) is 2.25. The molecule has 104 valence electrons. The highest BCUT2D eigenvalue weighted by Crippen LogP contribution is 2.57. The molecule has 2 aliphatic carbocycles. The van der Waals surface area contributed by atoms with E-state index in [0.29, 0.717) is 23.0 Å². The first-order chi connectivity index (χ1) is 8.55. The average molecular weight is 251 g/mol. The van der Waals surface area contributed by atoms with Crippen molar-refractivity contribution < 1.29 is 4.74 Å². The van der Waals surface area contributed by atoms with E-state index in [1.54, 1.807) is 0 Å². The summed E-state index contributed by atoms with van der Waals surface area (Å²) in [4.78, 5) is 0. The fourth-order valence-electron chi connectivity index (χ4n) is 3.98. The van der Waals surface area contributed by atoms with Crippen molar-refractivity contribution in [1.29, 1.82) is 0 Å². The van der Waals surface area contributed by atoms with E-state index in [2.05, 4.69) is 38.2 Å². The molecule has 0 aromatic carbocycles. The van der Waals surface area contributed by atoms with E-state index in [1.807, 2.05) is 7.11 Å². The molecule has 2 heteroatoms. The van der Waals surface area contributed by atoms with Crippen molar-refractivity contribution in [1.82, 2.24) is 5.32 Å². The van der Waals surface area contributed by atoms with Crippen molar-refractivity contribution in [3.05, 3.63) is 12.2 Å². The molecule has 0 aliphatic heterocycles. The predicted molar refractivity (Wildman–Crippen MR) is 76.7 cm³/mol. The van der Waals surface area contributed by atoms with Gasteiger partial charge < -0.3 is 10.1 Å². The van der Waals surface area contributed by atoms with Crippen LogP contribution in [0.15, 0.2) is 12.2 Å². The molecular formula is C16H29NO. The van der Waals surface area contributed by atoms with Crippen LogP contribution in [-0.2, 0) is 4.74 Å². The molecule has 2 aliphatic rings. The minimum absolute atomic E-state index is 0.295. The molecule has 0 saturated heterocycles. The van der Waals surface area contributed by atoms with Crippen LogP contribution < -0.4 is 5.32 Å². The van der Waals surface area contributed by atoms with E-state index in [-0.39, 0.29) is 0 Å². The summed E-state index contributed by atoms with van der Waals surface area (Å²) >= 11 is 0. The number of hydrogen-bond acceptors (Lipinski definition) is 2. The van der Waals surface area contributed by atoms with Crippen molar-refractivity contribution >= 4 is 0 Å². The Bertz CT molecular complexity index is 314. The summed E-state index contributed by atoms with van der Waals surface area (Å²) in [6.45, 7) is 8.29. The van der Waals surface area contributed by atoms with E-state index < -0.39 is 0 Å². The van der Waals surface area contributed by atoms with Crippen molar-refractivity contribution in [2.75, 3.05) is 13.7 Å². The minimum Gasteiger partial charge on any atom is -0.377 e.